The van der Waals surface area contributed by atoms with Crippen LogP contribution in [0.4, 0.5) is 0 Å². The maximum absolute atomic E-state index is 6.00. The van der Waals surface area contributed by atoms with E-state index >= 15 is 0 Å². The standard InChI is InChI=1S/C21H27ClN2O2/c1-23(2)11-13-25-20-6-4-3-5-18(20)15-24-12-14-26-21(16-24)17-7-9-19(22)10-8-17/h3-10,21H,11-16H2,1-2H3. The minimum Gasteiger partial charge on any atom is -0.492 e. The second-order valence-corrected chi connectivity index (χ2v) is 7.34. The normalized spacial score (nSPS) is 18.2. The summed E-state index contributed by atoms with van der Waals surface area (Å²) in [7, 11) is 4.11. The zero-order chi connectivity index (χ0) is 18.4. The summed E-state index contributed by atoms with van der Waals surface area (Å²) in [5.74, 6) is 0.976. The molecular formula is C21H27ClN2O2. The molecule has 140 valence electrons. The van der Waals surface area contributed by atoms with Crippen molar-refractivity contribution in [2.24, 2.45) is 0 Å². The molecule has 0 aromatic heterocycles. The van der Waals surface area contributed by atoms with Gasteiger partial charge in [-0.05, 0) is 37.9 Å². The van der Waals surface area contributed by atoms with E-state index in [1.165, 1.54) is 11.1 Å². The maximum atomic E-state index is 6.00. The molecular weight excluding hydrogens is 348 g/mol. The van der Waals surface area contributed by atoms with Gasteiger partial charge in [-0.15, -0.1) is 0 Å². The van der Waals surface area contributed by atoms with Crippen LogP contribution in [0.2, 0.25) is 5.02 Å². The first kappa shape index (κ1) is 19.2. The van der Waals surface area contributed by atoms with E-state index in [9.17, 15) is 0 Å². The Balaban J connectivity index is 1.62. The van der Waals surface area contributed by atoms with Crippen LogP contribution in [0.5, 0.6) is 5.75 Å². The molecule has 1 saturated heterocycles. The molecule has 0 spiro atoms. The topological polar surface area (TPSA) is 24.9 Å². The van der Waals surface area contributed by atoms with E-state index in [-0.39, 0.29) is 6.10 Å². The predicted molar refractivity (Wildman–Crippen MR) is 106 cm³/mol. The lowest BCUT2D eigenvalue weighted by Gasteiger charge is -2.33. The van der Waals surface area contributed by atoms with Crippen molar-refractivity contribution in [2.75, 3.05) is 46.9 Å². The molecule has 1 aliphatic rings. The lowest BCUT2D eigenvalue weighted by Crippen LogP contribution is -2.37. The lowest BCUT2D eigenvalue weighted by atomic mass is 10.1. The fourth-order valence-corrected chi connectivity index (χ4v) is 3.21. The Morgan fingerprint density at radius 1 is 1.15 bits per heavy atom. The Kier molecular flexibility index (Phi) is 6.92. The summed E-state index contributed by atoms with van der Waals surface area (Å²) in [6, 6.07) is 16.3. The number of halogens is 1. The van der Waals surface area contributed by atoms with E-state index in [1.807, 2.05) is 18.2 Å². The van der Waals surface area contributed by atoms with E-state index in [0.29, 0.717) is 6.61 Å². The van der Waals surface area contributed by atoms with Gasteiger partial charge in [0.1, 0.15) is 12.4 Å². The third-order valence-corrected chi connectivity index (χ3v) is 4.81. The summed E-state index contributed by atoms with van der Waals surface area (Å²) in [5, 5.41) is 0.755. The molecule has 0 amide bonds. The van der Waals surface area contributed by atoms with Crippen LogP contribution < -0.4 is 4.74 Å². The molecule has 1 atom stereocenters. The lowest BCUT2D eigenvalue weighted by molar-refractivity contribution is -0.0331. The van der Waals surface area contributed by atoms with Crippen LogP contribution in [-0.4, -0.2) is 56.7 Å². The maximum Gasteiger partial charge on any atom is 0.123 e. The van der Waals surface area contributed by atoms with Crippen LogP contribution in [0.3, 0.4) is 0 Å². The van der Waals surface area contributed by atoms with E-state index in [0.717, 1.165) is 43.6 Å². The first-order chi connectivity index (χ1) is 12.6. The van der Waals surface area contributed by atoms with Crippen molar-refractivity contribution in [1.82, 2.24) is 9.80 Å². The summed E-state index contributed by atoms with van der Waals surface area (Å²) < 4.78 is 12.0. The molecule has 4 nitrogen and oxygen atoms in total. The van der Waals surface area contributed by atoms with Gasteiger partial charge in [0.25, 0.3) is 0 Å². The molecule has 2 aromatic carbocycles. The number of hydrogen-bond donors (Lipinski definition) is 0. The van der Waals surface area contributed by atoms with Gasteiger partial charge in [-0.1, -0.05) is 41.9 Å². The van der Waals surface area contributed by atoms with Gasteiger partial charge in [-0.25, -0.2) is 0 Å². The summed E-state index contributed by atoms with van der Waals surface area (Å²) in [6.45, 7) is 5.00. The summed E-state index contributed by atoms with van der Waals surface area (Å²) in [6.07, 6.45) is 0.0860. The molecule has 2 aromatic rings. The van der Waals surface area contributed by atoms with Crippen LogP contribution in [0.25, 0.3) is 0 Å². The summed E-state index contributed by atoms with van der Waals surface area (Å²) in [5.41, 5.74) is 2.40. The minimum atomic E-state index is 0.0860. The molecule has 1 aliphatic heterocycles. The fourth-order valence-electron chi connectivity index (χ4n) is 3.08. The molecule has 0 radical (unpaired) electrons. The minimum absolute atomic E-state index is 0.0860. The van der Waals surface area contributed by atoms with E-state index in [2.05, 4.69) is 54.2 Å². The molecule has 1 heterocycles. The Bertz CT molecular complexity index is 691. The number of rotatable bonds is 7. The SMILES string of the molecule is CN(C)CCOc1ccccc1CN1CCOC(c2ccc(Cl)cc2)C1. The molecule has 0 aliphatic carbocycles. The average Bonchev–Trinajstić information content (AvgIpc) is 2.64. The van der Waals surface area contributed by atoms with Crippen molar-refractivity contribution >= 4 is 11.6 Å². The van der Waals surface area contributed by atoms with Crippen molar-refractivity contribution in [1.29, 1.82) is 0 Å². The van der Waals surface area contributed by atoms with Gasteiger partial charge in [-0.3, -0.25) is 4.90 Å². The van der Waals surface area contributed by atoms with Gasteiger partial charge in [0, 0.05) is 36.8 Å². The number of likely N-dealkylation sites (N-methyl/N-ethyl adjacent to an activating group) is 1. The van der Waals surface area contributed by atoms with Crippen LogP contribution in [-0.2, 0) is 11.3 Å². The molecule has 0 saturated carbocycles. The largest absolute Gasteiger partial charge is 0.492 e. The third kappa shape index (κ3) is 5.45. The van der Waals surface area contributed by atoms with Crippen molar-refractivity contribution in [3.8, 4) is 5.75 Å². The predicted octanol–water partition coefficient (Wildman–Crippen LogP) is 3.85. The molecule has 5 heteroatoms. The van der Waals surface area contributed by atoms with Gasteiger partial charge in [0.2, 0.25) is 0 Å². The average molecular weight is 375 g/mol. The van der Waals surface area contributed by atoms with Crippen LogP contribution >= 0.6 is 11.6 Å². The molecule has 3 rings (SSSR count). The van der Waals surface area contributed by atoms with Gasteiger partial charge in [-0.2, -0.15) is 0 Å². The third-order valence-electron chi connectivity index (χ3n) is 4.55. The quantitative estimate of drug-likeness (QED) is 0.734. The number of para-hydroxylation sites is 1. The molecule has 1 unspecified atom stereocenters. The van der Waals surface area contributed by atoms with Crippen molar-refractivity contribution in [2.45, 2.75) is 12.6 Å². The van der Waals surface area contributed by atoms with Gasteiger partial charge in [0.15, 0.2) is 0 Å². The number of ether oxygens (including phenoxy) is 2. The Morgan fingerprint density at radius 2 is 1.92 bits per heavy atom. The Morgan fingerprint density at radius 3 is 2.69 bits per heavy atom. The first-order valence-corrected chi connectivity index (χ1v) is 9.44. The second-order valence-electron chi connectivity index (χ2n) is 6.91. The van der Waals surface area contributed by atoms with Crippen molar-refractivity contribution < 1.29 is 9.47 Å². The highest BCUT2D eigenvalue weighted by molar-refractivity contribution is 6.30. The Hall–Kier alpha value is -1.59. The molecule has 1 fully saturated rings. The van der Waals surface area contributed by atoms with Crippen LogP contribution in [0, 0.1) is 0 Å². The highest BCUT2D eigenvalue weighted by atomic mass is 35.5. The van der Waals surface area contributed by atoms with Gasteiger partial charge < -0.3 is 14.4 Å². The second kappa shape index (κ2) is 9.38. The zero-order valence-electron chi connectivity index (χ0n) is 15.5. The zero-order valence-corrected chi connectivity index (χ0v) is 16.3. The molecule has 26 heavy (non-hydrogen) atoms. The van der Waals surface area contributed by atoms with E-state index < -0.39 is 0 Å². The van der Waals surface area contributed by atoms with Crippen molar-refractivity contribution in [3.63, 3.8) is 0 Å². The monoisotopic (exact) mass is 374 g/mol. The number of benzene rings is 2. The molecule has 0 bridgehead atoms. The first-order valence-electron chi connectivity index (χ1n) is 9.06. The van der Waals surface area contributed by atoms with Gasteiger partial charge in [0.05, 0.1) is 12.7 Å². The smallest absolute Gasteiger partial charge is 0.123 e. The summed E-state index contributed by atoms with van der Waals surface area (Å²) in [4.78, 5) is 4.55. The Labute approximate surface area is 161 Å². The van der Waals surface area contributed by atoms with Crippen molar-refractivity contribution in [3.05, 3.63) is 64.7 Å². The number of hydrogen-bond acceptors (Lipinski definition) is 4. The summed E-state index contributed by atoms with van der Waals surface area (Å²) >= 11 is 6.00. The van der Waals surface area contributed by atoms with E-state index in [1.54, 1.807) is 0 Å². The van der Waals surface area contributed by atoms with E-state index in [4.69, 9.17) is 21.1 Å². The number of morpholine rings is 1. The highest BCUT2D eigenvalue weighted by Gasteiger charge is 2.22. The van der Waals surface area contributed by atoms with Crippen LogP contribution in [0.1, 0.15) is 17.2 Å². The number of nitrogens with zero attached hydrogens (tertiary/aromatic N) is 2. The molecule has 0 N–H and O–H groups in total. The highest BCUT2D eigenvalue weighted by Crippen LogP contribution is 2.26. The fraction of sp³-hybridized carbons (Fsp3) is 0.429. The van der Waals surface area contributed by atoms with Crippen LogP contribution in [0.15, 0.2) is 48.5 Å². The van der Waals surface area contributed by atoms with Gasteiger partial charge >= 0.3 is 0 Å².